The van der Waals surface area contributed by atoms with Gasteiger partial charge in [0.25, 0.3) is 5.91 Å². The summed E-state index contributed by atoms with van der Waals surface area (Å²) in [6.45, 7) is -0.234. The van der Waals surface area contributed by atoms with Crippen molar-refractivity contribution < 1.29 is 23.5 Å². The molecule has 1 heterocycles. The van der Waals surface area contributed by atoms with Crippen molar-refractivity contribution in [2.45, 2.75) is 13.2 Å². The summed E-state index contributed by atoms with van der Waals surface area (Å²) in [5.41, 5.74) is 1.64. The predicted molar refractivity (Wildman–Crippen MR) is 98.5 cm³/mol. The van der Waals surface area contributed by atoms with E-state index in [9.17, 15) is 14.0 Å². The van der Waals surface area contributed by atoms with Gasteiger partial charge in [-0.15, -0.1) is 11.3 Å². The van der Waals surface area contributed by atoms with E-state index >= 15 is 0 Å². The van der Waals surface area contributed by atoms with Crippen LogP contribution in [0.2, 0.25) is 0 Å². The van der Waals surface area contributed by atoms with Crippen LogP contribution in [0.5, 0.6) is 0 Å². The lowest BCUT2D eigenvalue weighted by Crippen LogP contribution is -2.29. The number of aromatic nitrogens is 1. The number of halogens is 1. The standard InChI is InChI=1S/C19H17FN2O4S/c20-14-7-5-13(6-8-14)9-21-17(23)10-26-19(24)12-25-11-18-22-15-3-1-2-4-16(15)27-18/h1-8H,9-12H2,(H,21,23). The van der Waals surface area contributed by atoms with Crippen molar-refractivity contribution in [3.63, 3.8) is 0 Å². The molecular weight excluding hydrogens is 371 g/mol. The second-order valence-electron chi connectivity index (χ2n) is 5.63. The van der Waals surface area contributed by atoms with Gasteiger partial charge in [-0.1, -0.05) is 24.3 Å². The quantitative estimate of drug-likeness (QED) is 0.601. The Morgan fingerprint density at radius 1 is 1.07 bits per heavy atom. The Balaban J connectivity index is 1.33. The molecule has 2 aromatic carbocycles. The van der Waals surface area contributed by atoms with Crippen LogP contribution in [-0.2, 0) is 32.2 Å². The monoisotopic (exact) mass is 388 g/mol. The van der Waals surface area contributed by atoms with Crippen LogP contribution >= 0.6 is 11.3 Å². The first-order valence-corrected chi connectivity index (χ1v) is 9.01. The smallest absolute Gasteiger partial charge is 0.332 e. The van der Waals surface area contributed by atoms with Gasteiger partial charge in [0.15, 0.2) is 6.61 Å². The fourth-order valence-electron chi connectivity index (χ4n) is 2.24. The molecule has 0 bridgehead atoms. The Bertz CT molecular complexity index is 894. The van der Waals surface area contributed by atoms with E-state index in [-0.39, 0.29) is 25.6 Å². The van der Waals surface area contributed by atoms with Crippen LogP contribution in [0.15, 0.2) is 48.5 Å². The van der Waals surface area contributed by atoms with E-state index in [1.807, 2.05) is 24.3 Å². The Morgan fingerprint density at radius 3 is 2.63 bits per heavy atom. The van der Waals surface area contributed by atoms with E-state index in [2.05, 4.69) is 10.3 Å². The van der Waals surface area contributed by atoms with Crippen LogP contribution in [0.1, 0.15) is 10.6 Å². The van der Waals surface area contributed by atoms with Crippen molar-refractivity contribution >= 4 is 33.4 Å². The molecular formula is C19H17FN2O4S. The molecule has 0 atom stereocenters. The molecule has 0 aliphatic rings. The number of hydrogen-bond acceptors (Lipinski definition) is 6. The molecule has 1 aromatic heterocycles. The van der Waals surface area contributed by atoms with Crippen molar-refractivity contribution in [2.24, 2.45) is 0 Å². The first kappa shape index (κ1) is 18.9. The second-order valence-corrected chi connectivity index (χ2v) is 6.75. The highest BCUT2D eigenvalue weighted by molar-refractivity contribution is 7.18. The van der Waals surface area contributed by atoms with Gasteiger partial charge in [0.05, 0.1) is 16.8 Å². The number of para-hydroxylation sites is 1. The fourth-order valence-corrected chi connectivity index (χ4v) is 3.15. The van der Waals surface area contributed by atoms with Gasteiger partial charge in [-0.3, -0.25) is 4.79 Å². The number of nitrogens with one attached hydrogen (secondary N) is 1. The number of nitrogens with zero attached hydrogens (tertiary/aromatic N) is 1. The van der Waals surface area contributed by atoms with E-state index in [1.165, 1.54) is 23.5 Å². The summed E-state index contributed by atoms with van der Waals surface area (Å²) in [7, 11) is 0. The molecule has 0 aliphatic carbocycles. The first-order valence-electron chi connectivity index (χ1n) is 8.19. The Labute approximate surface area is 158 Å². The molecule has 1 N–H and O–H groups in total. The Kier molecular flexibility index (Phi) is 6.45. The zero-order valence-corrected chi connectivity index (χ0v) is 15.1. The number of hydrogen-bond donors (Lipinski definition) is 1. The average Bonchev–Trinajstić information content (AvgIpc) is 3.08. The van der Waals surface area contributed by atoms with Gasteiger partial charge in [-0.2, -0.15) is 0 Å². The van der Waals surface area contributed by atoms with Gasteiger partial charge in [0.2, 0.25) is 0 Å². The van der Waals surface area contributed by atoms with Crippen molar-refractivity contribution in [1.29, 1.82) is 0 Å². The lowest BCUT2D eigenvalue weighted by Gasteiger charge is -2.07. The van der Waals surface area contributed by atoms with Crippen LogP contribution in [0.3, 0.4) is 0 Å². The molecule has 3 rings (SSSR count). The normalized spacial score (nSPS) is 10.7. The Hall–Kier alpha value is -2.84. The summed E-state index contributed by atoms with van der Waals surface area (Å²) in [4.78, 5) is 27.7. The number of amides is 1. The van der Waals surface area contributed by atoms with Gasteiger partial charge >= 0.3 is 5.97 Å². The molecule has 0 unspecified atom stereocenters. The van der Waals surface area contributed by atoms with E-state index < -0.39 is 18.5 Å². The van der Waals surface area contributed by atoms with Gasteiger partial charge in [-0.05, 0) is 29.8 Å². The number of esters is 1. The maximum absolute atomic E-state index is 12.8. The molecule has 6 nitrogen and oxygen atoms in total. The number of ether oxygens (including phenoxy) is 2. The zero-order chi connectivity index (χ0) is 19.1. The number of carbonyl (C=O) groups excluding carboxylic acids is 2. The van der Waals surface area contributed by atoms with E-state index in [1.54, 1.807) is 12.1 Å². The first-order chi connectivity index (χ1) is 13.1. The maximum atomic E-state index is 12.8. The predicted octanol–water partition coefficient (Wildman–Crippen LogP) is 2.81. The van der Waals surface area contributed by atoms with E-state index in [0.29, 0.717) is 0 Å². The number of fused-ring (bicyclic) bond motifs is 1. The minimum absolute atomic E-state index is 0.200. The number of rotatable bonds is 8. The summed E-state index contributed by atoms with van der Waals surface area (Å²) in [5.74, 6) is -1.42. The van der Waals surface area contributed by atoms with Crippen LogP contribution in [0.25, 0.3) is 10.2 Å². The summed E-state index contributed by atoms with van der Waals surface area (Å²) < 4.78 is 24.0. The fraction of sp³-hybridized carbons (Fsp3) is 0.211. The van der Waals surface area contributed by atoms with Crippen LogP contribution in [0, 0.1) is 5.82 Å². The largest absolute Gasteiger partial charge is 0.454 e. The minimum atomic E-state index is -0.631. The van der Waals surface area contributed by atoms with Gasteiger partial charge < -0.3 is 14.8 Å². The SMILES string of the molecule is O=C(COC(=O)COCc1nc2ccccc2s1)NCc1ccc(F)cc1. The summed E-state index contributed by atoms with van der Waals surface area (Å²) in [5, 5.41) is 3.35. The van der Waals surface area contributed by atoms with Crippen molar-refractivity contribution in [1.82, 2.24) is 10.3 Å². The van der Waals surface area contributed by atoms with Crippen molar-refractivity contribution in [2.75, 3.05) is 13.2 Å². The average molecular weight is 388 g/mol. The minimum Gasteiger partial charge on any atom is -0.454 e. The highest BCUT2D eigenvalue weighted by atomic mass is 32.1. The van der Waals surface area contributed by atoms with Crippen molar-refractivity contribution in [3.8, 4) is 0 Å². The Morgan fingerprint density at radius 2 is 1.85 bits per heavy atom. The lowest BCUT2D eigenvalue weighted by atomic mass is 10.2. The highest BCUT2D eigenvalue weighted by Crippen LogP contribution is 2.21. The molecule has 0 saturated heterocycles. The third-order valence-electron chi connectivity index (χ3n) is 3.55. The molecule has 140 valence electrons. The van der Waals surface area contributed by atoms with Crippen LogP contribution in [0.4, 0.5) is 4.39 Å². The van der Waals surface area contributed by atoms with Gasteiger partial charge in [0.1, 0.15) is 17.4 Å². The number of carbonyl (C=O) groups is 2. The third-order valence-corrected chi connectivity index (χ3v) is 4.56. The summed E-state index contributed by atoms with van der Waals surface area (Å²) >= 11 is 1.50. The molecule has 0 fully saturated rings. The van der Waals surface area contributed by atoms with E-state index in [4.69, 9.17) is 9.47 Å². The summed E-state index contributed by atoms with van der Waals surface area (Å²) in [6, 6.07) is 13.5. The summed E-state index contributed by atoms with van der Waals surface area (Å²) in [6.07, 6.45) is 0. The third kappa shape index (κ3) is 5.83. The van der Waals surface area contributed by atoms with E-state index in [0.717, 1.165) is 20.8 Å². The molecule has 0 aliphatic heterocycles. The van der Waals surface area contributed by atoms with Crippen LogP contribution in [-0.4, -0.2) is 30.1 Å². The second kappa shape index (κ2) is 9.20. The highest BCUT2D eigenvalue weighted by Gasteiger charge is 2.09. The molecule has 0 radical (unpaired) electrons. The molecule has 0 spiro atoms. The number of thiazole rings is 1. The molecule has 1 amide bonds. The topological polar surface area (TPSA) is 77.5 Å². The molecule has 8 heteroatoms. The number of benzene rings is 2. The van der Waals surface area contributed by atoms with Crippen LogP contribution < -0.4 is 5.32 Å². The zero-order valence-electron chi connectivity index (χ0n) is 14.3. The molecule has 27 heavy (non-hydrogen) atoms. The maximum Gasteiger partial charge on any atom is 0.332 e. The molecule has 0 saturated carbocycles. The molecule has 3 aromatic rings. The van der Waals surface area contributed by atoms with Gasteiger partial charge in [0, 0.05) is 6.54 Å². The van der Waals surface area contributed by atoms with Gasteiger partial charge in [-0.25, -0.2) is 14.2 Å². The lowest BCUT2D eigenvalue weighted by molar-refractivity contribution is -0.153. The van der Waals surface area contributed by atoms with Crippen molar-refractivity contribution in [3.05, 3.63) is 64.9 Å².